The van der Waals surface area contributed by atoms with Crippen molar-refractivity contribution in [2.24, 2.45) is 0 Å². The van der Waals surface area contributed by atoms with E-state index >= 15 is 0 Å². The molecule has 100 valence electrons. The van der Waals surface area contributed by atoms with E-state index in [-0.39, 0.29) is 0 Å². The Morgan fingerprint density at radius 1 is 1.12 bits per heavy atom. The monoisotopic (exact) mass is 237 g/mol. The van der Waals surface area contributed by atoms with Crippen molar-refractivity contribution in [3.8, 4) is 0 Å². The van der Waals surface area contributed by atoms with Crippen molar-refractivity contribution >= 4 is 0 Å². The fourth-order valence-corrected chi connectivity index (χ4v) is 1.60. The van der Waals surface area contributed by atoms with Crippen LogP contribution in [0.1, 0.15) is 78.4 Å². The molecule has 0 spiro atoms. The molecule has 0 bridgehead atoms. The molecular formula is C16H31N. The number of hydrogen-bond donors (Lipinski definition) is 0. The van der Waals surface area contributed by atoms with Crippen molar-refractivity contribution < 1.29 is 0 Å². The predicted octanol–water partition coefficient (Wildman–Crippen LogP) is 5.60. The van der Waals surface area contributed by atoms with Gasteiger partial charge in [0.05, 0.1) is 0 Å². The standard InChI is InChI=1S/C12H19N.2C2H6/c1-4-6-11-7-8-13-9-12(11)10(3)5-2;2*1-2/h7-10H,4-6H2,1-3H3;2*1-2H3. The predicted molar refractivity (Wildman–Crippen MR) is 79.6 cm³/mol. The molecule has 0 aliphatic rings. The smallest absolute Gasteiger partial charge is 0.0305 e. The number of nitrogens with zero attached hydrogens (tertiary/aromatic N) is 1. The zero-order chi connectivity index (χ0) is 13.7. The maximum Gasteiger partial charge on any atom is 0.0305 e. The lowest BCUT2D eigenvalue weighted by atomic mass is 9.94. The largest absolute Gasteiger partial charge is 0.264 e. The third-order valence-electron chi connectivity index (χ3n) is 2.61. The maximum atomic E-state index is 4.20. The van der Waals surface area contributed by atoms with Crippen LogP contribution in [-0.2, 0) is 6.42 Å². The van der Waals surface area contributed by atoms with E-state index < -0.39 is 0 Å². The number of hydrogen-bond acceptors (Lipinski definition) is 1. The minimum atomic E-state index is 0.648. The third-order valence-corrected chi connectivity index (χ3v) is 2.61. The van der Waals surface area contributed by atoms with Crippen LogP contribution < -0.4 is 0 Å². The van der Waals surface area contributed by atoms with Gasteiger partial charge in [0.1, 0.15) is 0 Å². The van der Waals surface area contributed by atoms with E-state index in [1.165, 1.54) is 30.4 Å². The summed E-state index contributed by atoms with van der Waals surface area (Å²) in [5.74, 6) is 0.648. The molecule has 1 aromatic heterocycles. The van der Waals surface area contributed by atoms with E-state index in [2.05, 4.69) is 31.8 Å². The molecule has 0 aliphatic carbocycles. The SMILES string of the molecule is CC.CC.CCCc1ccncc1C(C)CC. The van der Waals surface area contributed by atoms with Gasteiger partial charge in [-0.15, -0.1) is 0 Å². The molecule has 0 saturated heterocycles. The number of aryl methyl sites for hydroxylation is 1. The molecule has 0 amide bonds. The van der Waals surface area contributed by atoms with Crippen molar-refractivity contribution in [3.63, 3.8) is 0 Å². The van der Waals surface area contributed by atoms with E-state index in [1.807, 2.05) is 40.1 Å². The lowest BCUT2D eigenvalue weighted by Gasteiger charge is -2.13. The average molecular weight is 237 g/mol. The summed E-state index contributed by atoms with van der Waals surface area (Å²) in [6, 6.07) is 2.16. The van der Waals surface area contributed by atoms with Crippen LogP contribution in [0.4, 0.5) is 0 Å². The summed E-state index contributed by atoms with van der Waals surface area (Å²) in [4.78, 5) is 4.20. The summed E-state index contributed by atoms with van der Waals surface area (Å²) < 4.78 is 0. The molecule has 0 saturated carbocycles. The molecule has 1 aromatic rings. The fourth-order valence-electron chi connectivity index (χ4n) is 1.60. The molecule has 0 aromatic carbocycles. The van der Waals surface area contributed by atoms with E-state index in [4.69, 9.17) is 0 Å². The molecular weight excluding hydrogens is 206 g/mol. The number of pyridine rings is 1. The molecule has 1 rings (SSSR count). The Morgan fingerprint density at radius 3 is 2.18 bits per heavy atom. The van der Waals surface area contributed by atoms with Gasteiger partial charge in [-0.1, -0.05) is 54.9 Å². The minimum absolute atomic E-state index is 0.648. The Hall–Kier alpha value is -0.850. The first-order chi connectivity index (χ1) is 8.29. The second kappa shape index (κ2) is 13.2. The topological polar surface area (TPSA) is 12.9 Å². The summed E-state index contributed by atoms with van der Waals surface area (Å²) in [5, 5.41) is 0. The minimum Gasteiger partial charge on any atom is -0.264 e. The third kappa shape index (κ3) is 7.14. The van der Waals surface area contributed by atoms with Crippen molar-refractivity contribution in [3.05, 3.63) is 29.6 Å². The first-order valence-corrected chi connectivity index (χ1v) is 7.22. The highest BCUT2D eigenvalue weighted by molar-refractivity contribution is 5.26. The van der Waals surface area contributed by atoms with Crippen molar-refractivity contribution in [2.75, 3.05) is 0 Å². The molecule has 0 N–H and O–H groups in total. The Labute approximate surface area is 109 Å². The highest BCUT2D eigenvalue weighted by atomic mass is 14.6. The quantitative estimate of drug-likeness (QED) is 0.664. The van der Waals surface area contributed by atoms with Gasteiger partial charge in [-0.05, 0) is 36.0 Å². The summed E-state index contributed by atoms with van der Waals surface area (Å²) in [6.45, 7) is 14.7. The molecule has 1 nitrogen and oxygen atoms in total. The van der Waals surface area contributed by atoms with Gasteiger partial charge in [-0.25, -0.2) is 0 Å². The first-order valence-electron chi connectivity index (χ1n) is 7.22. The summed E-state index contributed by atoms with van der Waals surface area (Å²) in [7, 11) is 0. The van der Waals surface area contributed by atoms with Crippen molar-refractivity contribution in [2.45, 2.75) is 73.6 Å². The second-order valence-corrected chi connectivity index (χ2v) is 3.63. The number of aromatic nitrogens is 1. The van der Waals surface area contributed by atoms with Crippen LogP contribution in [0.5, 0.6) is 0 Å². The van der Waals surface area contributed by atoms with Crippen LogP contribution in [0.15, 0.2) is 18.5 Å². The van der Waals surface area contributed by atoms with Gasteiger partial charge in [-0.3, -0.25) is 4.98 Å². The van der Waals surface area contributed by atoms with Crippen LogP contribution in [-0.4, -0.2) is 4.98 Å². The van der Waals surface area contributed by atoms with Gasteiger partial charge in [0, 0.05) is 12.4 Å². The Kier molecular flexibility index (Phi) is 14.4. The lowest BCUT2D eigenvalue weighted by Crippen LogP contribution is -1.99. The Bertz CT molecular complexity index is 255. The second-order valence-electron chi connectivity index (χ2n) is 3.63. The first kappa shape index (κ1) is 18.5. The molecule has 17 heavy (non-hydrogen) atoms. The van der Waals surface area contributed by atoms with Gasteiger partial charge < -0.3 is 0 Å². The molecule has 1 heterocycles. The molecule has 0 aliphatic heterocycles. The molecule has 0 fully saturated rings. The van der Waals surface area contributed by atoms with Crippen molar-refractivity contribution in [1.29, 1.82) is 0 Å². The average Bonchev–Trinajstić information content (AvgIpc) is 2.43. The summed E-state index contributed by atoms with van der Waals surface area (Å²) >= 11 is 0. The van der Waals surface area contributed by atoms with E-state index in [1.54, 1.807) is 0 Å². The van der Waals surface area contributed by atoms with Gasteiger partial charge >= 0.3 is 0 Å². The number of rotatable bonds is 4. The van der Waals surface area contributed by atoms with Crippen LogP contribution in [0.2, 0.25) is 0 Å². The zero-order valence-corrected chi connectivity index (χ0v) is 12.9. The van der Waals surface area contributed by atoms with Gasteiger partial charge in [0.2, 0.25) is 0 Å². The summed E-state index contributed by atoms with van der Waals surface area (Å²) in [6.07, 6.45) is 7.52. The van der Waals surface area contributed by atoms with E-state index in [9.17, 15) is 0 Å². The van der Waals surface area contributed by atoms with E-state index in [0.29, 0.717) is 5.92 Å². The van der Waals surface area contributed by atoms with Crippen molar-refractivity contribution in [1.82, 2.24) is 4.98 Å². The van der Waals surface area contributed by atoms with Crippen LogP contribution in [0.3, 0.4) is 0 Å². The molecule has 1 heteroatoms. The Balaban J connectivity index is 0. The van der Waals surface area contributed by atoms with Gasteiger partial charge in [-0.2, -0.15) is 0 Å². The molecule has 1 unspecified atom stereocenters. The van der Waals surface area contributed by atoms with E-state index in [0.717, 1.165) is 0 Å². The van der Waals surface area contributed by atoms with Crippen LogP contribution in [0, 0.1) is 0 Å². The highest BCUT2D eigenvalue weighted by Crippen LogP contribution is 2.22. The summed E-state index contributed by atoms with van der Waals surface area (Å²) in [5.41, 5.74) is 2.92. The van der Waals surface area contributed by atoms with Gasteiger partial charge in [0.15, 0.2) is 0 Å². The highest BCUT2D eigenvalue weighted by Gasteiger charge is 2.07. The normalized spacial score (nSPS) is 10.5. The molecule has 1 atom stereocenters. The van der Waals surface area contributed by atoms with Crippen LogP contribution >= 0.6 is 0 Å². The lowest BCUT2D eigenvalue weighted by molar-refractivity contribution is 0.713. The fraction of sp³-hybridized carbons (Fsp3) is 0.688. The molecule has 0 radical (unpaired) electrons. The van der Waals surface area contributed by atoms with Gasteiger partial charge in [0.25, 0.3) is 0 Å². The van der Waals surface area contributed by atoms with Crippen LogP contribution in [0.25, 0.3) is 0 Å². The maximum absolute atomic E-state index is 4.20. The Morgan fingerprint density at radius 2 is 1.71 bits per heavy atom. The zero-order valence-electron chi connectivity index (χ0n) is 12.9.